The number of nitrogens with zero attached hydrogens (tertiary/aromatic N) is 3. The van der Waals surface area contributed by atoms with Crippen LogP contribution in [-0.2, 0) is 6.42 Å². The number of anilines is 2. The first kappa shape index (κ1) is 10.3. The minimum Gasteiger partial charge on any atom is -0.368 e. The van der Waals surface area contributed by atoms with Crippen molar-refractivity contribution in [2.75, 3.05) is 11.2 Å². The Morgan fingerprint density at radius 1 is 1.06 bits per heavy atom. The van der Waals surface area contributed by atoms with Crippen LogP contribution in [0.1, 0.15) is 11.4 Å². The number of hydrogen-bond acceptors (Lipinski definition) is 6. The summed E-state index contributed by atoms with van der Waals surface area (Å²) in [7, 11) is 0. The van der Waals surface area contributed by atoms with Crippen LogP contribution in [0.3, 0.4) is 0 Å². The Hall–Kier alpha value is -2.21. The van der Waals surface area contributed by atoms with E-state index >= 15 is 0 Å². The van der Waals surface area contributed by atoms with Crippen LogP contribution in [0.15, 0.2) is 30.3 Å². The Morgan fingerprint density at radius 2 is 1.81 bits per heavy atom. The Labute approximate surface area is 92.7 Å². The average molecular weight is 216 g/mol. The second-order valence-corrected chi connectivity index (χ2v) is 3.24. The molecule has 1 heterocycles. The normalized spacial score (nSPS) is 10.1. The summed E-state index contributed by atoms with van der Waals surface area (Å²) in [5, 5.41) is 0. The van der Waals surface area contributed by atoms with E-state index in [1.54, 1.807) is 0 Å². The van der Waals surface area contributed by atoms with Gasteiger partial charge in [0.25, 0.3) is 0 Å². The van der Waals surface area contributed by atoms with Crippen LogP contribution in [0.2, 0.25) is 0 Å². The first-order valence-corrected chi connectivity index (χ1v) is 4.79. The number of nitrogens with two attached hydrogens (primary N) is 2. The van der Waals surface area contributed by atoms with Crippen molar-refractivity contribution in [2.45, 2.75) is 6.42 Å². The molecule has 2 rings (SSSR count). The molecule has 6 heteroatoms. The molecule has 2 aromatic rings. The lowest BCUT2D eigenvalue weighted by Crippen LogP contribution is -2.14. The summed E-state index contributed by atoms with van der Waals surface area (Å²) >= 11 is 0. The second-order valence-electron chi connectivity index (χ2n) is 3.24. The third-order valence-corrected chi connectivity index (χ3v) is 2.03. The number of hydrazine groups is 1. The van der Waals surface area contributed by atoms with E-state index in [0.717, 1.165) is 5.56 Å². The Morgan fingerprint density at radius 3 is 2.50 bits per heavy atom. The fourth-order valence-corrected chi connectivity index (χ4v) is 1.36. The summed E-state index contributed by atoms with van der Waals surface area (Å²) in [5.41, 5.74) is 8.99. The minimum absolute atomic E-state index is 0.161. The highest BCUT2D eigenvalue weighted by atomic mass is 15.3. The van der Waals surface area contributed by atoms with Crippen LogP contribution in [0.4, 0.5) is 11.9 Å². The third-order valence-electron chi connectivity index (χ3n) is 2.03. The molecule has 82 valence electrons. The number of rotatable bonds is 3. The van der Waals surface area contributed by atoms with Crippen molar-refractivity contribution in [1.82, 2.24) is 15.0 Å². The number of hydrogen-bond donors (Lipinski definition) is 3. The topological polar surface area (TPSA) is 103 Å². The van der Waals surface area contributed by atoms with Crippen LogP contribution < -0.4 is 17.0 Å². The zero-order valence-electron chi connectivity index (χ0n) is 8.59. The molecule has 0 aliphatic heterocycles. The molecule has 5 N–H and O–H groups in total. The van der Waals surface area contributed by atoms with Gasteiger partial charge in [-0.15, -0.1) is 0 Å². The van der Waals surface area contributed by atoms with Crippen molar-refractivity contribution in [2.24, 2.45) is 5.84 Å². The summed E-state index contributed by atoms with van der Waals surface area (Å²) in [5.74, 6) is 6.25. The van der Waals surface area contributed by atoms with E-state index in [4.69, 9.17) is 11.6 Å². The van der Waals surface area contributed by atoms with Crippen molar-refractivity contribution in [3.8, 4) is 0 Å². The predicted octanol–water partition coefficient (Wildman–Crippen LogP) is 0.330. The molecular weight excluding hydrogens is 204 g/mol. The molecule has 0 aliphatic rings. The van der Waals surface area contributed by atoms with E-state index < -0.39 is 0 Å². The molecule has 0 amide bonds. The number of aromatic nitrogens is 3. The van der Waals surface area contributed by atoms with Gasteiger partial charge in [0, 0.05) is 6.42 Å². The van der Waals surface area contributed by atoms with Crippen LogP contribution in [0.5, 0.6) is 0 Å². The van der Waals surface area contributed by atoms with Crippen molar-refractivity contribution >= 4 is 11.9 Å². The molecule has 0 aliphatic carbocycles. The molecule has 0 atom stereocenters. The summed E-state index contributed by atoms with van der Waals surface area (Å²) in [6, 6.07) is 9.87. The van der Waals surface area contributed by atoms with Crippen LogP contribution >= 0.6 is 0 Å². The molecule has 0 fully saturated rings. The third kappa shape index (κ3) is 2.43. The molecule has 0 bridgehead atoms. The summed E-state index contributed by atoms with van der Waals surface area (Å²) < 4.78 is 0. The molecule has 0 radical (unpaired) electrons. The molecule has 0 spiro atoms. The molecule has 1 aromatic heterocycles. The van der Waals surface area contributed by atoms with Gasteiger partial charge in [0.1, 0.15) is 5.82 Å². The molecular formula is C10H12N6. The maximum Gasteiger partial charge on any atom is 0.242 e. The van der Waals surface area contributed by atoms with Crippen molar-refractivity contribution in [1.29, 1.82) is 0 Å². The van der Waals surface area contributed by atoms with E-state index in [0.29, 0.717) is 12.2 Å². The predicted molar refractivity (Wildman–Crippen MR) is 61.3 cm³/mol. The first-order valence-electron chi connectivity index (χ1n) is 4.79. The average Bonchev–Trinajstić information content (AvgIpc) is 2.29. The largest absolute Gasteiger partial charge is 0.368 e. The second kappa shape index (κ2) is 4.54. The highest BCUT2D eigenvalue weighted by Crippen LogP contribution is 2.07. The Balaban J connectivity index is 2.24. The van der Waals surface area contributed by atoms with Crippen LogP contribution in [0.25, 0.3) is 0 Å². The van der Waals surface area contributed by atoms with Gasteiger partial charge < -0.3 is 5.73 Å². The molecule has 1 aromatic carbocycles. The van der Waals surface area contributed by atoms with E-state index in [2.05, 4.69) is 20.4 Å². The van der Waals surface area contributed by atoms with Gasteiger partial charge in [0.15, 0.2) is 0 Å². The lowest BCUT2D eigenvalue weighted by Gasteiger charge is -2.03. The van der Waals surface area contributed by atoms with Gasteiger partial charge in [-0.05, 0) is 5.56 Å². The maximum absolute atomic E-state index is 5.53. The zero-order chi connectivity index (χ0) is 11.4. The fourth-order valence-electron chi connectivity index (χ4n) is 1.36. The van der Waals surface area contributed by atoms with Crippen LogP contribution in [-0.4, -0.2) is 15.0 Å². The number of nitrogen functional groups attached to an aromatic ring is 2. The molecule has 0 unspecified atom stereocenters. The lowest BCUT2D eigenvalue weighted by molar-refractivity contribution is 0.926. The van der Waals surface area contributed by atoms with Crippen molar-refractivity contribution < 1.29 is 0 Å². The van der Waals surface area contributed by atoms with Crippen molar-refractivity contribution in [3.05, 3.63) is 41.7 Å². The summed E-state index contributed by atoms with van der Waals surface area (Å²) in [6.07, 6.45) is 0.599. The van der Waals surface area contributed by atoms with Gasteiger partial charge >= 0.3 is 0 Å². The fraction of sp³-hybridized carbons (Fsp3) is 0.100. The molecule has 0 saturated heterocycles. The maximum atomic E-state index is 5.53. The van der Waals surface area contributed by atoms with Gasteiger partial charge in [0.05, 0.1) is 0 Å². The Kier molecular flexibility index (Phi) is 2.93. The molecule has 16 heavy (non-hydrogen) atoms. The molecule has 6 nitrogen and oxygen atoms in total. The van der Waals surface area contributed by atoms with E-state index in [1.165, 1.54) is 0 Å². The lowest BCUT2D eigenvalue weighted by atomic mass is 10.1. The molecule has 0 saturated carbocycles. The van der Waals surface area contributed by atoms with Crippen LogP contribution in [0, 0.1) is 0 Å². The van der Waals surface area contributed by atoms with E-state index in [-0.39, 0.29) is 11.9 Å². The standard InChI is InChI=1S/C10H12N6/c11-9-13-8(14-10(15-9)16-12)6-7-4-2-1-3-5-7/h1-5H,6,12H2,(H3,11,13,14,15,16). The smallest absolute Gasteiger partial charge is 0.242 e. The Bertz CT molecular complexity index is 470. The SMILES string of the molecule is NNc1nc(N)nc(Cc2ccccc2)n1. The van der Waals surface area contributed by atoms with Gasteiger partial charge in [-0.25, -0.2) is 5.84 Å². The van der Waals surface area contributed by atoms with E-state index in [1.807, 2.05) is 30.3 Å². The highest BCUT2D eigenvalue weighted by Gasteiger charge is 2.03. The minimum atomic E-state index is 0.161. The van der Waals surface area contributed by atoms with Gasteiger partial charge in [-0.3, -0.25) is 5.43 Å². The van der Waals surface area contributed by atoms with Gasteiger partial charge in [-0.2, -0.15) is 15.0 Å². The summed E-state index contributed by atoms with van der Waals surface area (Å²) in [6.45, 7) is 0. The summed E-state index contributed by atoms with van der Waals surface area (Å²) in [4.78, 5) is 12.0. The monoisotopic (exact) mass is 216 g/mol. The van der Waals surface area contributed by atoms with Crippen molar-refractivity contribution in [3.63, 3.8) is 0 Å². The van der Waals surface area contributed by atoms with Gasteiger partial charge in [-0.1, -0.05) is 30.3 Å². The first-order chi connectivity index (χ1) is 7.78. The number of benzene rings is 1. The van der Waals surface area contributed by atoms with E-state index in [9.17, 15) is 0 Å². The van der Waals surface area contributed by atoms with Gasteiger partial charge in [0.2, 0.25) is 11.9 Å². The number of nitrogens with one attached hydrogen (secondary N) is 1. The highest BCUT2D eigenvalue weighted by molar-refractivity contribution is 5.31. The quantitative estimate of drug-likeness (QED) is 0.504. The zero-order valence-corrected chi connectivity index (χ0v) is 8.59.